The minimum Gasteiger partial charge on any atom is -0.436 e. The minimum absolute atomic E-state index is 0.615. The van der Waals surface area contributed by atoms with Gasteiger partial charge in [0.2, 0.25) is 5.89 Å². The first kappa shape index (κ1) is 29.1. The molecule has 2 heterocycles. The summed E-state index contributed by atoms with van der Waals surface area (Å²) in [6.07, 6.45) is 1.85. The summed E-state index contributed by atoms with van der Waals surface area (Å²) in [5, 5.41) is 7.71. The molecule has 0 aliphatic carbocycles. The number of hydrogen-bond acceptors (Lipinski definition) is 3. The van der Waals surface area contributed by atoms with Crippen LogP contribution in [0.25, 0.3) is 99.5 Å². The van der Waals surface area contributed by atoms with Gasteiger partial charge in [-0.25, -0.2) is 4.98 Å². The Bertz CT molecular complexity index is 2840. The fraction of sp³-hybridized carbons (Fsp3) is 0. The largest absolute Gasteiger partial charge is 0.436 e. The van der Waals surface area contributed by atoms with Gasteiger partial charge in [0.25, 0.3) is 0 Å². The van der Waals surface area contributed by atoms with Gasteiger partial charge in [-0.05, 0) is 126 Å². The van der Waals surface area contributed by atoms with Gasteiger partial charge in [-0.1, -0.05) is 115 Å². The SMILES string of the molecule is c1ccc(-c2cc(-c3ccc(-c4ccc5c6ccccc6c6ccccc6c5c4)cc3)cc(-c3cccc(-c4nc5ccccc5o4)c3)c2)nc1. The molecule has 0 radical (unpaired) electrons. The van der Waals surface area contributed by atoms with Gasteiger partial charge in [0.1, 0.15) is 5.52 Å². The fourth-order valence-electron chi connectivity index (χ4n) is 7.41. The predicted molar refractivity (Wildman–Crippen MR) is 212 cm³/mol. The lowest BCUT2D eigenvalue weighted by Gasteiger charge is -2.13. The number of aromatic nitrogens is 2. The molecule has 3 heteroatoms. The number of pyridine rings is 1. The molecule has 0 bridgehead atoms. The third kappa shape index (κ3) is 5.15. The summed E-state index contributed by atoms with van der Waals surface area (Å²) in [4.78, 5) is 9.45. The van der Waals surface area contributed by atoms with Crippen LogP contribution in [0.3, 0.4) is 0 Å². The van der Waals surface area contributed by atoms with E-state index in [1.54, 1.807) is 0 Å². The van der Waals surface area contributed by atoms with Gasteiger partial charge in [-0.15, -0.1) is 0 Å². The van der Waals surface area contributed by atoms with Gasteiger partial charge in [0, 0.05) is 17.3 Å². The first-order chi connectivity index (χ1) is 25.2. The van der Waals surface area contributed by atoms with Crippen molar-refractivity contribution in [2.24, 2.45) is 0 Å². The highest BCUT2D eigenvalue weighted by molar-refractivity contribution is 6.25. The van der Waals surface area contributed by atoms with Crippen LogP contribution in [0.2, 0.25) is 0 Å². The van der Waals surface area contributed by atoms with Crippen molar-refractivity contribution in [1.82, 2.24) is 9.97 Å². The van der Waals surface area contributed by atoms with Gasteiger partial charge < -0.3 is 4.42 Å². The molecular weight excluding hydrogens is 621 g/mol. The van der Waals surface area contributed by atoms with Crippen LogP contribution in [0.1, 0.15) is 0 Å². The summed E-state index contributed by atoms with van der Waals surface area (Å²) in [7, 11) is 0. The first-order valence-electron chi connectivity index (χ1n) is 17.2. The molecule has 0 aliphatic rings. The second-order valence-electron chi connectivity index (χ2n) is 13.0. The van der Waals surface area contributed by atoms with E-state index in [0.717, 1.165) is 50.2 Å². The van der Waals surface area contributed by atoms with Crippen molar-refractivity contribution in [1.29, 1.82) is 0 Å². The van der Waals surface area contributed by atoms with Gasteiger partial charge in [-0.2, -0.15) is 0 Å². The van der Waals surface area contributed by atoms with Gasteiger partial charge in [0.05, 0.1) is 5.69 Å². The summed E-state index contributed by atoms with van der Waals surface area (Å²) in [6.45, 7) is 0. The molecule has 0 aliphatic heterocycles. The van der Waals surface area contributed by atoms with Crippen LogP contribution in [0.15, 0.2) is 187 Å². The standard InChI is InChI=1S/C48H30N2O/c1-2-14-41-39(12-1)40-13-3-4-15-42(40)44-30-34(23-24-43(41)44)31-19-21-32(22-20-31)36-27-37(29-38(28-36)45-16-7-8-25-49-45)33-10-9-11-35(26-33)48-50-46-17-5-6-18-47(46)51-48/h1-30H. The van der Waals surface area contributed by atoms with Crippen LogP contribution in [-0.4, -0.2) is 9.97 Å². The first-order valence-corrected chi connectivity index (χ1v) is 17.2. The molecule has 8 aromatic carbocycles. The molecule has 0 unspecified atom stereocenters. The van der Waals surface area contributed by atoms with Gasteiger partial charge in [0.15, 0.2) is 5.58 Å². The van der Waals surface area contributed by atoms with E-state index in [1.807, 2.05) is 42.6 Å². The Labute approximate surface area is 295 Å². The molecule has 10 aromatic rings. The maximum Gasteiger partial charge on any atom is 0.227 e. The molecule has 0 saturated heterocycles. The van der Waals surface area contributed by atoms with Crippen molar-refractivity contribution in [3.8, 4) is 56.1 Å². The zero-order chi connectivity index (χ0) is 33.7. The van der Waals surface area contributed by atoms with Crippen LogP contribution in [-0.2, 0) is 0 Å². The number of nitrogens with zero attached hydrogens (tertiary/aromatic N) is 2. The fourth-order valence-corrected chi connectivity index (χ4v) is 7.41. The highest BCUT2D eigenvalue weighted by Crippen LogP contribution is 2.38. The number of para-hydroxylation sites is 2. The number of fused-ring (bicyclic) bond motifs is 7. The van der Waals surface area contributed by atoms with E-state index in [4.69, 9.17) is 14.4 Å². The second-order valence-corrected chi connectivity index (χ2v) is 13.0. The third-order valence-electron chi connectivity index (χ3n) is 9.93. The van der Waals surface area contributed by atoms with E-state index >= 15 is 0 Å². The number of benzene rings is 8. The van der Waals surface area contributed by atoms with Crippen LogP contribution in [0.4, 0.5) is 0 Å². The van der Waals surface area contributed by atoms with Crippen LogP contribution >= 0.6 is 0 Å². The molecule has 3 nitrogen and oxygen atoms in total. The summed E-state index contributed by atoms with van der Waals surface area (Å²) < 4.78 is 6.12. The zero-order valence-corrected chi connectivity index (χ0v) is 27.6. The summed E-state index contributed by atoms with van der Waals surface area (Å²) in [5.74, 6) is 0.615. The number of hydrogen-bond donors (Lipinski definition) is 0. The van der Waals surface area contributed by atoms with Crippen molar-refractivity contribution in [3.05, 3.63) is 182 Å². The topological polar surface area (TPSA) is 38.9 Å². The maximum atomic E-state index is 6.12. The van der Waals surface area contributed by atoms with E-state index in [0.29, 0.717) is 5.89 Å². The van der Waals surface area contributed by atoms with Gasteiger partial charge in [-0.3, -0.25) is 4.98 Å². The molecule has 0 spiro atoms. The summed E-state index contributed by atoms with van der Waals surface area (Å²) >= 11 is 0. The lowest BCUT2D eigenvalue weighted by molar-refractivity contribution is 0.620. The number of rotatable bonds is 5. The molecule has 238 valence electrons. The number of oxazole rings is 1. The Morgan fingerprint density at radius 3 is 1.57 bits per heavy atom. The molecule has 0 saturated carbocycles. The highest BCUT2D eigenvalue weighted by Gasteiger charge is 2.13. The summed E-state index contributed by atoms with van der Waals surface area (Å²) in [5.41, 5.74) is 11.4. The lowest BCUT2D eigenvalue weighted by atomic mass is 9.91. The Morgan fingerprint density at radius 2 is 0.863 bits per heavy atom. The van der Waals surface area contributed by atoms with Crippen molar-refractivity contribution < 1.29 is 4.42 Å². The van der Waals surface area contributed by atoms with Crippen LogP contribution in [0, 0.1) is 0 Å². The molecular formula is C48H30N2O. The van der Waals surface area contributed by atoms with E-state index in [9.17, 15) is 0 Å². The average molecular weight is 651 g/mol. The van der Waals surface area contributed by atoms with Crippen LogP contribution in [0.5, 0.6) is 0 Å². The Kier molecular flexibility index (Phi) is 6.81. The molecule has 0 amide bonds. The molecule has 51 heavy (non-hydrogen) atoms. The lowest BCUT2D eigenvalue weighted by Crippen LogP contribution is -1.89. The monoisotopic (exact) mass is 650 g/mol. The molecule has 0 fully saturated rings. The van der Waals surface area contributed by atoms with E-state index in [2.05, 4.69) is 140 Å². The second kappa shape index (κ2) is 11.9. The smallest absolute Gasteiger partial charge is 0.227 e. The van der Waals surface area contributed by atoms with E-state index < -0.39 is 0 Å². The molecule has 0 atom stereocenters. The Balaban J connectivity index is 1.06. The highest BCUT2D eigenvalue weighted by atomic mass is 16.3. The van der Waals surface area contributed by atoms with Crippen molar-refractivity contribution in [2.75, 3.05) is 0 Å². The molecule has 10 rings (SSSR count). The summed E-state index contributed by atoms with van der Waals surface area (Å²) in [6, 6.07) is 62.3. The minimum atomic E-state index is 0.615. The molecule has 2 aromatic heterocycles. The van der Waals surface area contributed by atoms with Crippen LogP contribution < -0.4 is 0 Å². The van der Waals surface area contributed by atoms with E-state index in [1.165, 1.54) is 43.4 Å². The van der Waals surface area contributed by atoms with Crippen molar-refractivity contribution in [3.63, 3.8) is 0 Å². The Morgan fingerprint density at radius 1 is 0.333 bits per heavy atom. The third-order valence-corrected chi connectivity index (χ3v) is 9.93. The zero-order valence-electron chi connectivity index (χ0n) is 27.6. The van der Waals surface area contributed by atoms with Crippen molar-refractivity contribution in [2.45, 2.75) is 0 Å². The Hall–Kier alpha value is -6.84. The maximum absolute atomic E-state index is 6.12. The predicted octanol–water partition coefficient (Wildman–Crippen LogP) is 13.0. The van der Waals surface area contributed by atoms with E-state index in [-0.39, 0.29) is 0 Å². The quantitative estimate of drug-likeness (QED) is 0.174. The molecule has 0 N–H and O–H groups in total. The normalized spacial score (nSPS) is 11.5. The van der Waals surface area contributed by atoms with Gasteiger partial charge >= 0.3 is 0 Å². The van der Waals surface area contributed by atoms with Crippen molar-refractivity contribution >= 4 is 43.4 Å². The average Bonchev–Trinajstić information content (AvgIpc) is 3.66.